The van der Waals surface area contributed by atoms with Gasteiger partial charge < -0.3 is 9.42 Å². The predicted molar refractivity (Wildman–Crippen MR) is 102 cm³/mol. The van der Waals surface area contributed by atoms with E-state index in [1.165, 1.54) is 9.71 Å². The first-order valence-electron chi connectivity index (χ1n) is 8.90. The first-order chi connectivity index (χ1) is 12.9. The van der Waals surface area contributed by atoms with E-state index in [2.05, 4.69) is 5.16 Å². The third-order valence-corrected chi connectivity index (χ3v) is 6.16. The molecule has 1 aliphatic heterocycles. The minimum atomic E-state index is -3.52. The Balaban J connectivity index is 1.65. The zero-order valence-electron chi connectivity index (χ0n) is 15.5. The van der Waals surface area contributed by atoms with Crippen LogP contribution in [0.3, 0.4) is 0 Å². The summed E-state index contributed by atoms with van der Waals surface area (Å²) >= 11 is 0. The molecule has 3 rings (SSSR count). The molecule has 0 radical (unpaired) electrons. The van der Waals surface area contributed by atoms with Crippen LogP contribution in [-0.2, 0) is 16.4 Å². The first-order valence-corrected chi connectivity index (χ1v) is 10.4. The van der Waals surface area contributed by atoms with Crippen LogP contribution in [0.2, 0.25) is 0 Å². The molecular weight excluding hydrogens is 366 g/mol. The number of hydrogen-bond acceptors (Lipinski definition) is 5. The number of aryl methyl sites for hydroxylation is 2. The number of aromatic nitrogens is 1. The molecule has 1 amide bonds. The molecule has 0 unspecified atom stereocenters. The van der Waals surface area contributed by atoms with Gasteiger partial charge in [0.15, 0.2) is 0 Å². The Morgan fingerprint density at radius 2 is 1.85 bits per heavy atom. The van der Waals surface area contributed by atoms with Crippen molar-refractivity contribution in [2.24, 2.45) is 0 Å². The van der Waals surface area contributed by atoms with Crippen LogP contribution in [0.25, 0.3) is 6.08 Å². The molecule has 0 N–H and O–H groups in total. The van der Waals surface area contributed by atoms with E-state index in [9.17, 15) is 13.2 Å². The Morgan fingerprint density at radius 3 is 2.48 bits per heavy atom. The molecule has 2 aromatic rings. The van der Waals surface area contributed by atoms with E-state index in [-0.39, 0.29) is 19.0 Å². The molecule has 1 fully saturated rings. The second-order valence-electron chi connectivity index (χ2n) is 6.36. The fourth-order valence-electron chi connectivity index (χ4n) is 3.05. The molecule has 0 saturated carbocycles. The summed E-state index contributed by atoms with van der Waals surface area (Å²) in [4.78, 5) is 14.4. The van der Waals surface area contributed by atoms with Gasteiger partial charge in [0.1, 0.15) is 11.3 Å². The van der Waals surface area contributed by atoms with Gasteiger partial charge in [-0.1, -0.05) is 42.4 Å². The van der Waals surface area contributed by atoms with Gasteiger partial charge in [0.25, 0.3) is 5.91 Å². The highest BCUT2D eigenvalue weighted by Gasteiger charge is 2.30. The van der Waals surface area contributed by atoms with Crippen LogP contribution >= 0.6 is 0 Å². The standard InChI is InChI=1S/C19H23N3O4S/c1-3-17-18(15(2)26-20-17)19(23)21-10-12-22(13-11-21)27(24,25)14-9-16-7-5-4-6-8-16/h4-9,14H,3,10-13H2,1-2H3/b14-9+. The van der Waals surface area contributed by atoms with Crippen molar-refractivity contribution in [3.8, 4) is 0 Å². The second kappa shape index (κ2) is 8.06. The molecule has 0 bridgehead atoms. The van der Waals surface area contributed by atoms with Crippen LogP contribution in [-0.4, -0.2) is 54.9 Å². The van der Waals surface area contributed by atoms with Crippen LogP contribution in [0.1, 0.15) is 34.3 Å². The third-order valence-electron chi connectivity index (χ3n) is 4.60. The Hall–Kier alpha value is -2.45. The van der Waals surface area contributed by atoms with Gasteiger partial charge in [0, 0.05) is 31.6 Å². The fraction of sp³-hybridized carbons (Fsp3) is 0.368. The lowest BCUT2D eigenvalue weighted by atomic mass is 10.1. The Labute approximate surface area is 159 Å². The van der Waals surface area contributed by atoms with Crippen molar-refractivity contribution in [1.29, 1.82) is 0 Å². The molecule has 0 atom stereocenters. The van der Waals surface area contributed by atoms with Crippen molar-refractivity contribution in [3.05, 3.63) is 58.3 Å². The van der Waals surface area contributed by atoms with Crippen molar-refractivity contribution in [3.63, 3.8) is 0 Å². The monoisotopic (exact) mass is 389 g/mol. The van der Waals surface area contributed by atoms with Gasteiger partial charge >= 0.3 is 0 Å². The highest BCUT2D eigenvalue weighted by molar-refractivity contribution is 7.92. The van der Waals surface area contributed by atoms with Gasteiger partial charge in [-0.2, -0.15) is 4.31 Å². The molecule has 8 heteroatoms. The number of benzene rings is 1. The van der Waals surface area contributed by atoms with Crippen molar-refractivity contribution < 1.29 is 17.7 Å². The summed E-state index contributed by atoms with van der Waals surface area (Å²) in [7, 11) is -3.52. The largest absolute Gasteiger partial charge is 0.361 e. The molecule has 7 nitrogen and oxygen atoms in total. The molecule has 1 aromatic carbocycles. The molecule has 2 heterocycles. The fourth-order valence-corrected chi connectivity index (χ4v) is 4.23. The zero-order chi connectivity index (χ0) is 19.4. The van der Waals surface area contributed by atoms with Crippen molar-refractivity contribution in [1.82, 2.24) is 14.4 Å². The number of sulfonamides is 1. The lowest BCUT2D eigenvalue weighted by Gasteiger charge is -2.33. The van der Waals surface area contributed by atoms with E-state index in [4.69, 9.17) is 4.52 Å². The van der Waals surface area contributed by atoms with Gasteiger partial charge in [0.05, 0.1) is 5.69 Å². The van der Waals surface area contributed by atoms with Crippen LogP contribution in [0.15, 0.2) is 40.3 Å². The summed E-state index contributed by atoms with van der Waals surface area (Å²) in [5, 5.41) is 5.14. The van der Waals surface area contributed by atoms with E-state index in [1.807, 2.05) is 37.3 Å². The Bertz CT molecular complexity index is 927. The summed E-state index contributed by atoms with van der Waals surface area (Å²) in [6, 6.07) is 9.27. The SMILES string of the molecule is CCc1noc(C)c1C(=O)N1CCN(S(=O)(=O)/C=C/c2ccccc2)CC1. The van der Waals surface area contributed by atoms with Crippen LogP contribution < -0.4 is 0 Å². The number of rotatable bonds is 5. The Morgan fingerprint density at radius 1 is 1.19 bits per heavy atom. The van der Waals surface area contributed by atoms with Gasteiger partial charge in [-0.15, -0.1) is 0 Å². The first kappa shape index (κ1) is 19.3. The van der Waals surface area contributed by atoms with Crippen LogP contribution in [0.5, 0.6) is 0 Å². The number of hydrogen-bond donors (Lipinski definition) is 0. The minimum Gasteiger partial charge on any atom is -0.361 e. The van der Waals surface area contributed by atoms with Gasteiger partial charge in [-0.05, 0) is 25.0 Å². The van der Waals surface area contributed by atoms with Crippen LogP contribution in [0, 0.1) is 6.92 Å². The zero-order valence-corrected chi connectivity index (χ0v) is 16.3. The number of nitrogens with zero attached hydrogens (tertiary/aromatic N) is 3. The predicted octanol–water partition coefficient (Wildman–Crippen LogP) is 2.30. The Kier molecular flexibility index (Phi) is 5.76. The van der Waals surface area contributed by atoms with E-state index in [1.54, 1.807) is 17.9 Å². The molecule has 0 spiro atoms. The second-order valence-corrected chi connectivity index (χ2v) is 8.18. The lowest BCUT2D eigenvalue weighted by Crippen LogP contribution is -2.50. The van der Waals surface area contributed by atoms with Gasteiger partial charge in [-0.25, -0.2) is 8.42 Å². The van der Waals surface area contributed by atoms with Crippen molar-refractivity contribution in [2.45, 2.75) is 20.3 Å². The average Bonchev–Trinajstić information content (AvgIpc) is 3.07. The molecule has 27 heavy (non-hydrogen) atoms. The maximum absolute atomic E-state index is 12.8. The molecule has 144 valence electrons. The molecule has 1 saturated heterocycles. The third kappa shape index (κ3) is 4.28. The average molecular weight is 389 g/mol. The normalized spacial score (nSPS) is 16.1. The lowest BCUT2D eigenvalue weighted by molar-refractivity contribution is 0.0696. The number of carbonyl (C=O) groups is 1. The highest BCUT2D eigenvalue weighted by Crippen LogP contribution is 2.19. The summed E-state index contributed by atoms with van der Waals surface area (Å²) in [6.07, 6.45) is 2.19. The number of carbonyl (C=O) groups excluding carboxylic acids is 1. The molecule has 0 aliphatic carbocycles. The summed E-state index contributed by atoms with van der Waals surface area (Å²) in [5.41, 5.74) is 1.96. The summed E-state index contributed by atoms with van der Waals surface area (Å²) < 4.78 is 31.6. The van der Waals surface area contributed by atoms with E-state index < -0.39 is 10.0 Å². The minimum absolute atomic E-state index is 0.150. The topological polar surface area (TPSA) is 83.7 Å². The smallest absolute Gasteiger partial charge is 0.259 e. The number of piperazine rings is 1. The molecule has 1 aliphatic rings. The van der Waals surface area contributed by atoms with Gasteiger partial charge in [0.2, 0.25) is 10.0 Å². The van der Waals surface area contributed by atoms with E-state index in [0.717, 1.165) is 5.56 Å². The summed E-state index contributed by atoms with van der Waals surface area (Å²) in [5.74, 6) is 0.347. The molecular formula is C19H23N3O4S. The summed E-state index contributed by atoms with van der Waals surface area (Å²) in [6.45, 7) is 4.83. The van der Waals surface area contributed by atoms with Crippen molar-refractivity contribution >= 4 is 22.0 Å². The van der Waals surface area contributed by atoms with E-state index in [0.29, 0.717) is 36.5 Å². The maximum Gasteiger partial charge on any atom is 0.259 e. The maximum atomic E-state index is 12.8. The number of amides is 1. The van der Waals surface area contributed by atoms with Gasteiger partial charge in [-0.3, -0.25) is 4.79 Å². The molecule has 1 aromatic heterocycles. The van der Waals surface area contributed by atoms with Crippen molar-refractivity contribution in [2.75, 3.05) is 26.2 Å². The van der Waals surface area contributed by atoms with E-state index >= 15 is 0 Å². The van der Waals surface area contributed by atoms with Crippen LogP contribution in [0.4, 0.5) is 0 Å². The quantitative estimate of drug-likeness (QED) is 0.784. The highest BCUT2D eigenvalue weighted by atomic mass is 32.2.